The van der Waals surface area contributed by atoms with Gasteiger partial charge in [-0.3, -0.25) is 4.79 Å². The number of ketones is 1. The molecule has 1 unspecified atom stereocenters. The first kappa shape index (κ1) is 12.5. The Kier molecular flexibility index (Phi) is 3.79. The van der Waals surface area contributed by atoms with Crippen LogP contribution in [0.1, 0.15) is 31.2 Å². The second kappa shape index (κ2) is 5.15. The van der Waals surface area contributed by atoms with Gasteiger partial charge < -0.3 is 0 Å². The van der Waals surface area contributed by atoms with Crippen LogP contribution >= 0.6 is 27.3 Å². The number of hydrogen-bond donors (Lipinski definition) is 0. The van der Waals surface area contributed by atoms with Crippen molar-refractivity contribution in [2.24, 2.45) is 0 Å². The fourth-order valence-electron chi connectivity index (χ4n) is 1.58. The highest BCUT2D eigenvalue weighted by Gasteiger charge is 2.20. The van der Waals surface area contributed by atoms with Crippen molar-refractivity contribution in [2.45, 2.75) is 18.7 Å². The van der Waals surface area contributed by atoms with Gasteiger partial charge in [0.05, 0.1) is 0 Å². The molecule has 0 saturated carbocycles. The normalized spacial score (nSPS) is 12.4. The molecule has 1 heterocycles. The highest BCUT2D eigenvalue weighted by molar-refractivity contribution is 9.09. The molecule has 0 bridgehead atoms. The Hall–Kier alpha value is -0.930. The summed E-state index contributed by atoms with van der Waals surface area (Å²) in [6.07, 6.45) is 0. The average Bonchev–Trinajstić information content (AvgIpc) is 2.75. The zero-order valence-electron chi connectivity index (χ0n) is 9.74. The molecule has 2 rings (SSSR count). The highest BCUT2D eigenvalue weighted by atomic mass is 79.9. The van der Waals surface area contributed by atoms with Crippen LogP contribution in [0.5, 0.6) is 0 Å². The Bertz CT molecular complexity index is 527. The molecule has 0 aliphatic heterocycles. The minimum atomic E-state index is -0.232. The number of rotatable bonds is 3. The number of benzene rings is 1. The minimum absolute atomic E-state index is 0.117. The fourth-order valence-corrected chi connectivity index (χ4v) is 3.17. The summed E-state index contributed by atoms with van der Waals surface area (Å²) in [5, 5.41) is 2.06. The number of alkyl halides is 1. The van der Waals surface area contributed by atoms with E-state index in [2.05, 4.69) is 27.4 Å². The monoisotopic (exact) mass is 308 g/mol. The topological polar surface area (TPSA) is 17.1 Å². The quantitative estimate of drug-likeness (QED) is 0.594. The van der Waals surface area contributed by atoms with Crippen molar-refractivity contribution >= 4 is 33.0 Å². The Balaban J connectivity index is 2.23. The van der Waals surface area contributed by atoms with E-state index < -0.39 is 0 Å². The molecule has 1 atom stereocenters. The van der Waals surface area contributed by atoms with Gasteiger partial charge in [0.15, 0.2) is 5.78 Å². The van der Waals surface area contributed by atoms with E-state index >= 15 is 0 Å². The van der Waals surface area contributed by atoms with Gasteiger partial charge in [0.25, 0.3) is 0 Å². The minimum Gasteiger partial charge on any atom is -0.292 e. The van der Waals surface area contributed by atoms with Gasteiger partial charge in [-0.2, -0.15) is 0 Å². The molecule has 0 spiro atoms. The van der Waals surface area contributed by atoms with E-state index in [9.17, 15) is 4.79 Å². The molecule has 1 aromatic heterocycles. The first-order valence-electron chi connectivity index (χ1n) is 5.38. The van der Waals surface area contributed by atoms with Gasteiger partial charge in [-0.1, -0.05) is 45.8 Å². The summed E-state index contributed by atoms with van der Waals surface area (Å²) in [7, 11) is 0. The maximum absolute atomic E-state index is 12.2. The number of halogens is 1. The van der Waals surface area contributed by atoms with Crippen molar-refractivity contribution in [1.82, 2.24) is 0 Å². The van der Waals surface area contributed by atoms with E-state index in [1.807, 2.05) is 38.1 Å². The number of hydrogen-bond acceptors (Lipinski definition) is 2. The highest BCUT2D eigenvalue weighted by Crippen LogP contribution is 2.31. The van der Waals surface area contributed by atoms with Crippen LogP contribution in [-0.4, -0.2) is 5.78 Å². The lowest BCUT2D eigenvalue weighted by Crippen LogP contribution is -2.05. The molecule has 1 nitrogen and oxygen atoms in total. The van der Waals surface area contributed by atoms with Gasteiger partial charge in [-0.15, -0.1) is 11.3 Å². The average molecular weight is 309 g/mol. The molecule has 0 saturated heterocycles. The third kappa shape index (κ3) is 2.85. The van der Waals surface area contributed by atoms with Crippen LogP contribution in [-0.2, 0) is 0 Å². The first-order valence-corrected chi connectivity index (χ1v) is 7.17. The zero-order valence-corrected chi connectivity index (χ0v) is 12.1. The van der Waals surface area contributed by atoms with Crippen LogP contribution in [0.25, 0.3) is 0 Å². The van der Waals surface area contributed by atoms with Crippen molar-refractivity contribution < 1.29 is 4.79 Å². The van der Waals surface area contributed by atoms with Crippen molar-refractivity contribution in [3.05, 3.63) is 57.3 Å². The molecule has 17 heavy (non-hydrogen) atoms. The van der Waals surface area contributed by atoms with Crippen LogP contribution < -0.4 is 0 Å². The molecule has 0 fully saturated rings. The van der Waals surface area contributed by atoms with Crippen molar-refractivity contribution in [1.29, 1.82) is 0 Å². The molecule has 0 aliphatic rings. The second-order valence-electron chi connectivity index (χ2n) is 4.12. The Morgan fingerprint density at radius 2 is 1.82 bits per heavy atom. The molecule has 0 amide bonds. The molecule has 88 valence electrons. The van der Waals surface area contributed by atoms with Gasteiger partial charge >= 0.3 is 0 Å². The van der Waals surface area contributed by atoms with Crippen LogP contribution in [0.3, 0.4) is 0 Å². The maximum atomic E-state index is 12.2. The van der Waals surface area contributed by atoms with E-state index in [-0.39, 0.29) is 10.6 Å². The van der Waals surface area contributed by atoms with Gasteiger partial charge in [0.2, 0.25) is 0 Å². The summed E-state index contributed by atoms with van der Waals surface area (Å²) in [5.74, 6) is 0.117. The predicted molar refractivity (Wildman–Crippen MR) is 76.2 cm³/mol. The molecule has 3 heteroatoms. The number of Topliss-reactive ketones (excluding diaryl/α,β-unsaturated/α-hetero) is 1. The summed E-state index contributed by atoms with van der Waals surface area (Å²) in [5.41, 5.74) is 3.12. The summed E-state index contributed by atoms with van der Waals surface area (Å²) in [6.45, 7) is 4.05. The van der Waals surface area contributed by atoms with Gasteiger partial charge in [-0.05, 0) is 30.9 Å². The third-order valence-electron chi connectivity index (χ3n) is 2.57. The lowest BCUT2D eigenvalue weighted by atomic mass is 10.1. The fraction of sp³-hybridized carbons (Fsp3) is 0.214. The predicted octanol–water partition coefficient (Wildman–Crippen LogP) is 4.68. The largest absolute Gasteiger partial charge is 0.292 e. The van der Waals surface area contributed by atoms with Crippen molar-refractivity contribution in [3.63, 3.8) is 0 Å². The van der Waals surface area contributed by atoms with Crippen molar-refractivity contribution in [3.8, 4) is 0 Å². The Morgan fingerprint density at radius 1 is 1.18 bits per heavy atom. The second-order valence-corrected chi connectivity index (χ2v) is 5.98. The number of aryl methyl sites for hydroxylation is 2. The van der Waals surface area contributed by atoms with E-state index in [1.54, 1.807) is 11.3 Å². The van der Waals surface area contributed by atoms with Crippen LogP contribution in [0, 0.1) is 13.8 Å². The smallest absolute Gasteiger partial charge is 0.181 e. The molecule has 1 aromatic carbocycles. The number of carbonyl (C=O) groups excluding carboxylic acids is 1. The lowest BCUT2D eigenvalue weighted by Gasteiger charge is -2.06. The molecular weight excluding hydrogens is 296 g/mol. The molecular formula is C14H13BrOS. The maximum Gasteiger partial charge on any atom is 0.181 e. The molecule has 0 N–H and O–H groups in total. The van der Waals surface area contributed by atoms with E-state index in [4.69, 9.17) is 0 Å². The summed E-state index contributed by atoms with van der Waals surface area (Å²) in [6, 6.07) is 9.74. The number of thiophene rings is 1. The SMILES string of the molecule is Cc1ccc(C(=O)C(Br)c2cc(C)cs2)cc1. The van der Waals surface area contributed by atoms with E-state index in [1.165, 1.54) is 11.1 Å². The molecule has 0 radical (unpaired) electrons. The Morgan fingerprint density at radius 3 is 2.35 bits per heavy atom. The zero-order chi connectivity index (χ0) is 12.4. The van der Waals surface area contributed by atoms with Crippen LogP contribution in [0.4, 0.5) is 0 Å². The summed E-state index contributed by atoms with van der Waals surface area (Å²) >= 11 is 5.10. The van der Waals surface area contributed by atoms with Gasteiger partial charge in [-0.25, -0.2) is 0 Å². The summed E-state index contributed by atoms with van der Waals surface area (Å²) in [4.78, 5) is 13.1. The van der Waals surface area contributed by atoms with E-state index in [0.717, 1.165) is 10.4 Å². The first-order chi connectivity index (χ1) is 8.08. The standard InChI is InChI=1S/C14H13BrOS/c1-9-3-5-11(6-4-9)14(16)13(15)12-7-10(2)8-17-12/h3-8,13H,1-2H3. The molecule has 0 aliphatic carbocycles. The third-order valence-corrected chi connectivity index (χ3v) is 4.89. The van der Waals surface area contributed by atoms with E-state index in [0.29, 0.717) is 0 Å². The molecule has 2 aromatic rings. The lowest BCUT2D eigenvalue weighted by molar-refractivity contribution is 0.0992. The van der Waals surface area contributed by atoms with Gasteiger partial charge in [0.1, 0.15) is 4.83 Å². The van der Waals surface area contributed by atoms with Crippen molar-refractivity contribution in [2.75, 3.05) is 0 Å². The number of carbonyl (C=O) groups is 1. The van der Waals surface area contributed by atoms with Gasteiger partial charge in [0, 0.05) is 10.4 Å². The van der Waals surface area contributed by atoms with Crippen LogP contribution in [0.15, 0.2) is 35.7 Å². The Labute approximate surface area is 114 Å². The summed E-state index contributed by atoms with van der Waals surface area (Å²) < 4.78 is 0. The van der Waals surface area contributed by atoms with Crippen LogP contribution in [0.2, 0.25) is 0 Å².